The smallest absolute Gasteiger partial charge is 0.246 e. The largest absolute Gasteiger partial charge is 0.349 e. The van der Waals surface area contributed by atoms with E-state index in [1.807, 2.05) is 9.80 Å². The Morgan fingerprint density at radius 1 is 0.339 bits per heavy atom. The highest BCUT2D eigenvalue weighted by atomic mass is 35.5. The summed E-state index contributed by atoms with van der Waals surface area (Å²) in [6.45, 7) is 33.1. The second-order valence-corrected chi connectivity index (χ2v) is 41.5. The maximum absolute atomic E-state index is 12.0. The van der Waals surface area contributed by atoms with Crippen LogP contribution in [0.5, 0.6) is 0 Å². The zero-order chi connectivity index (χ0) is 87.5. The number of nitrogens with zero attached hydrogens (tertiary/aromatic N) is 2. The van der Waals surface area contributed by atoms with Crippen molar-refractivity contribution >= 4 is 127 Å². The summed E-state index contributed by atoms with van der Waals surface area (Å²) in [7, 11) is 0. The van der Waals surface area contributed by atoms with E-state index >= 15 is 0 Å². The fourth-order valence-corrected chi connectivity index (χ4v) is 26.9. The van der Waals surface area contributed by atoms with Crippen LogP contribution in [0.1, 0.15) is 233 Å². The Morgan fingerprint density at radius 3 is 0.839 bits per heavy atom. The van der Waals surface area contributed by atoms with Gasteiger partial charge in [0.25, 0.3) is 0 Å². The lowest BCUT2D eigenvalue weighted by molar-refractivity contribution is -0.128. The number of nitrogens with one attached hydrogen (secondary N) is 4. The van der Waals surface area contributed by atoms with Gasteiger partial charge >= 0.3 is 0 Å². The Kier molecular flexibility index (Phi) is 33.1. The molecule has 0 spiro atoms. The van der Waals surface area contributed by atoms with E-state index in [0.717, 1.165) is 73.1 Å². The van der Waals surface area contributed by atoms with Crippen molar-refractivity contribution < 1.29 is 28.8 Å². The average Bonchev–Trinajstić information content (AvgIpc) is 1.72. The van der Waals surface area contributed by atoms with Crippen molar-refractivity contribution in [3.05, 3.63) is 347 Å². The van der Waals surface area contributed by atoms with Gasteiger partial charge in [0.1, 0.15) is 0 Å². The Morgan fingerprint density at radius 2 is 0.597 bits per heavy atom. The number of hydrogen-bond acceptors (Lipinski definition) is 12. The predicted molar refractivity (Wildman–Crippen MR) is 520 cm³/mol. The number of hydrogen-bond donors (Lipinski definition) is 4. The lowest BCUT2D eigenvalue weighted by atomic mass is 9.75. The summed E-state index contributed by atoms with van der Waals surface area (Å²) < 4.78 is 1.70. The highest BCUT2D eigenvalue weighted by Gasteiger charge is 2.39. The first-order valence-corrected chi connectivity index (χ1v) is 49.6. The van der Waals surface area contributed by atoms with E-state index in [2.05, 4.69) is 243 Å². The number of rotatable bonds is 16. The number of thiophene rings is 6. The fourth-order valence-electron chi connectivity index (χ4n) is 20.1. The van der Waals surface area contributed by atoms with Crippen molar-refractivity contribution in [3.8, 4) is 0 Å². The second kappa shape index (κ2) is 44.4. The molecule has 8 aliphatic rings. The summed E-state index contributed by atoms with van der Waals surface area (Å²) >= 11 is 22.8. The topological polar surface area (TPSA) is 157 Å². The molecule has 124 heavy (non-hydrogen) atoms. The summed E-state index contributed by atoms with van der Waals surface area (Å²) in [5.74, 6) is 3.59. The van der Waals surface area contributed by atoms with Crippen LogP contribution in [0, 0.1) is 39.5 Å². The third kappa shape index (κ3) is 23.2. The first-order chi connectivity index (χ1) is 60.1. The molecule has 10 atom stereocenters. The van der Waals surface area contributed by atoms with Gasteiger partial charge in [0, 0.05) is 128 Å². The number of fused-ring (bicyclic) bond motifs is 6. The van der Waals surface area contributed by atoms with Crippen molar-refractivity contribution in [2.45, 2.75) is 216 Å². The Hall–Kier alpha value is -9.08. The monoisotopic (exact) mass is 1810 g/mol. The van der Waals surface area contributed by atoms with Crippen LogP contribution in [-0.2, 0) is 67.5 Å². The molecule has 18 rings (SSSR count). The van der Waals surface area contributed by atoms with Crippen LogP contribution < -0.4 is 21.3 Å². The molecule has 648 valence electrons. The van der Waals surface area contributed by atoms with Gasteiger partial charge < -0.3 is 31.1 Å². The standard InChI is InChI=1S/4C18H19NOS.2C16H20ClNOS/c4*1-3-18(20)19-13-10-16(14-7-5-4-6-12(14)2)15-8-9-21-17(15)11-13;2*1-2-16(19)18-9-13(11-6-4-3-5-7-11)12-8-15(17)20-14(12)10-18/h4*3-9,13,16H,1,10-11H2,2H3,(H,19,20);2*2,8,11,13H,1,3-7,9-10H2/t2*13-,16+;2*13-,16-;2*13-/m101010/s1. The Bertz CT molecular complexity index is 4870. The molecule has 2 aliphatic heterocycles. The molecular formula is C104H116Cl2N6O6S6. The summed E-state index contributed by atoms with van der Waals surface area (Å²) in [5.41, 5.74) is 19.3. The Balaban J connectivity index is 0.000000128. The number of benzene rings is 4. The maximum Gasteiger partial charge on any atom is 0.246 e. The number of carbonyl (C=O) groups excluding carboxylic acids is 6. The van der Waals surface area contributed by atoms with E-state index in [-0.39, 0.29) is 59.6 Å². The average molecular weight is 1810 g/mol. The minimum absolute atomic E-state index is 0.0426. The van der Waals surface area contributed by atoms with Crippen molar-refractivity contribution in [3.63, 3.8) is 0 Å². The van der Waals surface area contributed by atoms with Crippen molar-refractivity contribution in [2.75, 3.05) is 13.1 Å². The molecule has 2 saturated carbocycles. The SMILES string of the molecule is C=CC(=O)N1Cc2sc(Cl)cc2[C@@H](C2CCCCC2)C1.C=CC(=O)N1Cc2sc(Cl)cc2[C@H](C2CCCCC2)C1.C=CC(=O)N[C@@H]1Cc2sccc2[C@@H](c2ccccc2C)C1.C=CC(=O)N[C@@H]1Cc2sccc2[C@H](c2ccccc2C)C1.C=CC(=O)N[C@H]1Cc2sccc2[C@@H](c2ccccc2C)C1.C=CC(=O)N[C@H]1Cc2sccc2[C@H](c2ccccc2C)C1. The minimum Gasteiger partial charge on any atom is -0.349 e. The highest BCUT2D eigenvalue weighted by molar-refractivity contribution is 7.16. The van der Waals surface area contributed by atoms with Crippen LogP contribution in [0.2, 0.25) is 8.67 Å². The molecule has 0 radical (unpaired) electrons. The molecule has 4 aromatic carbocycles. The molecule has 2 fully saturated rings. The highest BCUT2D eigenvalue weighted by Crippen LogP contribution is 2.49. The summed E-state index contributed by atoms with van der Waals surface area (Å²) in [6, 6.07) is 48.1. The number of halogens is 2. The van der Waals surface area contributed by atoms with Crippen LogP contribution in [0.4, 0.5) is 0 Å². The van der Waals surface area contributed by atoms with E-state index < -0.39 is 0 Å². The number of carbonyl (C=O) groups is 6. The van der Waals surface area contributed by atoms with Gasteiger partial charge in [-0.1, -0.05) is 198 Å². The molecule has 4 N–H and O–H groups in total. The third-order valence-electron chi connectivity index (χ3n) is 26.1. The molecule has 0 saturated heterocycles. The minimum atomic E-state index is -0.0801. The summed E-state index contributed by atoms with van der Waals surface area (Å²) in [6.07, 6.45) is 28.9. The molecule has 12 nitrogen and oxygen atoms in total. The zero-order valence-electron chi connectivity index (χ0n) is 71.8. The van der Waals surface area contributed by atoms with Gasteiger partial charge in [0.05, 0.1) is 21.8 Å². The van der Waals surface area contributed by atoms with Crippen LogP contribution in [0.25, 0.3) is 0 Å². The second-order valence-electron chi connectivity index (χ2n) is 33.9. The van der Waals surface area contributed by atoms with Crippen LogP contribution in [-0.4, -0.2) is 82.5 Å². The van der Waals surface area contributed by atoms with E-state index in [1.54, 1.807) is 68.0 Å². The summed E-state index contributed by atoms with van der Waals surface area (Å²) in [4.78, 5) is 82.4. The molecule has 10 aromatic rings. The molecule has 6 aliphatic carbocycles. The van der Waals surface area contributed by atoms with E-state index in [0.29, 0.717) is 60.4 Å². The Labute approximate surface area is 767 Å². The third-order valence-corrected chi connectivity index (χ3v) is 32.5. The first-order valence-electron chi connectivity index (χ1n) is 43.7. The van der Waals surface area contributed by atoms with Crippen molar-refractivity contribution in [1.29, 1.82) is 0 Å². The first kappa shape index (κ1) is 92.6. The fraction of sp³-hybridized carbons (Fsp3) is 0.365. The van der Waals surface area contributed by atoms with Crippen molar-refractivity contribution in [1.82, 2.24) is 31.1 Å². The van der Waals surface area contributed by atoms with Crippen LogP contribution in [0.3, 0.4) is 0 Å². The van der Waals surface area contributed by atoms with E-state index in [1.165, 1.54) is 208 Å². The lowest BCUT2D eigenvalue weighted by Gasteiger charge is -2.38. The predicted octanol–water partition coefficient (Wildman–Crippen LogP) is 24.4. The quantitative estimate of drug-likeness (QED) is 0.0706. The molecule has 6 amide bonds. The van der Waals surface area contributed by atoms with Gasteiger partial charge in [-0.2, -0.15) is 0 Å². The lowest BCUT2D eigenvalue weighted by Crippen LogP contribution is -2.39. The summed E-state index contributed by atoms with van der Waals surface area (Å²) in [5, 5.41) is 20.9. The van der Waals surface area contributed by atoms with Crippen LogP contribution >= 0.6 is 91.2 Å². The maximum atomic E-state index is 12.0. The molecule has 6 aromatic heterocycles. The van der Waals surface area contributed by atoms with Gasteiger partial charge in [-0.15, -0.1) is 68.0 Å². The number of aryl methyl sites for hydroxylation is 4. The van der Waals surface area contributed by atoms with E-state index in [9.17, 15) is 28.8 Å². The van der Waals surface area contributed by atoms with Gasteiger partial charge in [-0.25, -0.2) is 0 Å². The number of amides is 6. The van der Waals surface area contributed by atoms with E-state index in [4.69, 9.17) is 23.2 Å². The van der Waals surface area contributed by atoms with Gasteiger partial charge in [0.15, 0.2) is 0 Å². The van der Waals surface area contributed by atoms with Crippen LogP contribution in [0.15, 0.2) is 231 Å². The molecule has 0 unspecified atom stereocenters. The molecule has 0 bridgehead atoms. The molecular weight excluding hydrogens is 1690 g/mol. The van der Waals surface area contributed by atoms with Gasteiger partial charge in [-0.3, -0.25) is 28.8 Å². The van der Waals surface area contributed by atoms with Gasteiger partial charge in [0.2, 0.25) is 35.4 Å². The normalized spacial score (nSPS) is 21.5. The van der Waals surface area contributed by atoms with Gasteiger partial charge in [-0.05, 0) is 263 Å². The van der Waals surface area contributed by atoms with Crippen molar-refractivity contribution in [2.24, 2.45) is 11.8 Å². The zero-order valence-corrected chi connectivity index (χ0v) is 78.2. The molecule has 20 heteroatoms. The molecule has 8 heterocycles.